The van der Waals surface area contributed by atoms with Gasteiger partial charge in [0, 0.05) is 7.11 Å². The highest BCUT2D eigenvalue weighted by molar-refractivity contribution is 5.20. The van der Waals surface area contributed by atoms with Crippen LogP contribution >= 0.6 is 0 Å². The molecule has 2 nitrogen and oxygen atoms in total. The summed E-state index contributed by atoms with van der Waals surface area (Å²) in [7, 11) is 1.66. The van der Waals surface area contributed by atoms with E-state index in [1.807, 2.05) is 0 Å². The van der Waals surface area contributed by atoms with Gasteiger partial charge < -0.3 is 9.47 Å². The van der Waals surface area contributed by atoms with Gasteiger partial charge in [-0.05, 0) is 35.7 Å². The number of rotatable bonds is 3. The molecule has 0 heterocycles. The van der Waals surface area contributed by atoms with Crippen LogP contribution in [0.15, 0.2) is 12.2 Å². The van der Waals surface area contributed by atoms with Crippen LogP contribution in [0.5, 0.6) is 0 Å². The third-order valence-corrected chi connectivity index (χ3v) is 4.08. The number of fused-ring (bicyclic) bond motifs is 1. The first kappa shape index (κ1) is 10.2. The first-order valence-electron chi connectivity index (χ1n) is 5.35. The van der Waals surface area contributed by atoms with Crippen LogP contribution in [0.1, 0.15) is 26.7 Å². The smallest absolute Gasteiger partial charge is 0.147 e. The van der Waals surface area contributed by atoms with Gasteiger partial charge in [0.25, 0.3) is 0 Å². The van der Waals surface area contributed by atoms with E-state index in [9.17, 15) is 0 Å². The van der Waals surface area contributed by atoms with Crippen LogP contribution in [0.2, 0.25) is 0 Å². The van der Waals surface area contributed by atoms with Crippen molar-refractivity contribution in [1.82, 2.24) is 0 Å². The van der Waals surface area contributed by atoms with Crippen molar-refractivity contribution in [1.29, 1.82) is 0 Å². The fraction of sp³-hybridized carbons (Fsp3) is 0.833. The predicted octanol–water partition coefficient (Wildman–Crippen LogP) is 2.60. The van der Waals surface area contributed by atoms with Gasteiger partial charge in [0.1, 0.15) is 6.79 Å². The maximum Gasteiger partial charge on any atom is 0.147 e. The number of hydrogen-bond acceptors (Lipinski definition) is 2. The van der Waals surface area contributed by atoms with Crippen LogP contribution in [0, 0.1) is 17.3 Å². The molecule has 2 aliphatic rings. The van der Waals surface area contributed by atoms with Gasteiger partial charge in [0.2, 0.25) is 0 Å². The zero-order valence-corrected chi connectivity index (χ0v) is 9.38. The lowest BCUT2D eigenvalue weighted by atomic mass is 9.93. The van der Waals surface area contributed by atoms with Crippen molar-refractivity contribution in [3.05, 3.63) is 12.2 Å². The van der Waals surface area contributed by atoms with Crippen molar-refractivity contribution in [2.45, 2.75) is 32.8 Å². The molecule has 2 fully saturated rings. The molecule has 80 valence electrons. The molecule has 0 aromatic carbocycles. The largest absolute Gasteiger partial charge is 0.359 e. The van der Waals surface area contributed by atoms with Crippen molar-refractivity contribution in [3.8, 4) is 0 Å². The summed E-state index contributed by atoms with van der Waals surface area (Å²) in [4.78, 5) is 0. The minimum absolute atomic E-state index is 0.234. The summed E-state index contributed by atoms with van der Waals surface area (Å²) in [6.07, 6.45) is 2.52. The summed E-state index contributed by atoms with van der Waals surface area (Å²) >= 11 is 0. The van der Waals surface area contributed by atoms with E-state index in [1.54, 1.807) is 7.11 Å². The maximum atomic E-state index is 5.61. The Balaban J connectivity index is 1.93. The Hall–Kier alpha value is -0.340. The van der Waals surface area contributed by atoms with E-state index in [2.05, 4.69) is 20.4 Å². The Kier molecular flexibility index (Phi) is 2.44. The standard InChI is InChI=1S/C12H20O2/c1-8-5-9-10(12(9,2)3)6-11(8)14-7-13-4/h9-11H,1,5-7H2,2-4H3/t9-,10+,11+/m0/s1. The first-order valence-corrected chi connectivity index (χ1v) is 5.35. The lowest BCUT2D eigenvalue weighted by Gasteiger charge is -2.23. The zero-order chi connectivity index (χ0) is 10.3. The molecule has 2 aliphatic carbocycles. The van der Waals surface area contributed by atoms with Gasteiger partial charge in [-0.25, -0.2) is 0 Å². The number of ether oxygens (including phenoxy) is 2. The highest BCUT2D eigenvalue weighted by Crippen LogP contribution is 2.65. The second-order valence-electron chi connectivity index (χ2n) is 5.19. The summed E-state index contributed by atoms with van der Waals surface area (Å²) in [6, 6.07) is 0. The summed E-state index contributed by atoms with van der Waals surface area (Å²) in [5, 5.41) is 0. The van der Waals surface area contributed by atoms with E-state index in [0.29, 0.717) is 12.2 Å². The monoisotopic (exact) mass is 196 g/mol. The summed E-state index contributed by atoms with van der Waals surface area (Å²) in [5.41, 5.74) is 1.78. The average Bonchev–Trinajstić information content (AvgIpc) is 2.65. The SMILES string of the molecule is C=C1C[C@H]2[C@@H](C[C@H]1OCOC)C2(C)C. The van der Waals surface area contributed by atoms with E-state index in [1.165, 1.54) is 5.57 Å². The molecule has 0 N–H and O–H groups in total. The lowest BCUT2D eigenvalue weighted by molar-refractivity contribution is -0.0667. The Labute approximate surface area is 86.3 Å². The molecule has 14 heavy (non-hydrogen) atoms. The Morgan fingerprint density at radius 1 is 1.43 bits per heavy atom. The van der Waals surface area contributed by atoms with E-state index in [0.717, 1.165) is 24.7 Å². The van der Waals surface area contributed by atoms with Gasteiger partial charge in [0.15, 0.2) is 0 Å². The molecule has 0 amide bonds. The quantitative estimate of drug-likeness (QED) is 0.510. The van der Waals surface area contributed by atoms with Crippen molar-refractivity contribution in [3.63, 3.8) is 0 Å². The molecule has 3 atom stereocenters. The van der Waals surface area contributed by atoms with Gasteiger partial charge in [-0.15, -0.1) is 0 Å². The van der Waals surface area contributed by atoms with Crippen molar-refractivity contribution < 1.29 is 9.47 Å². The molecule has 2 rings (SSSR count). The molecule has 0 bridgehead atoms. The molecular weight excluding hydrogens is 176 g/mol. The zero-order valence-electron chi connectivity index (χ0n) is 9.38. The maximum absolute atomic E-state index is 5.61. The minimum Gasteiger partial charge on any atom is -0.359 e. The number of hydrogen-bond donors (Lipinski definition) is 0. The van der Waals surface area contributed by atoms with E-state index in [-0.39, 0.29) is 6.10 Å². The van der Waals surface area contributed by atoms with Gasteiger partial charge in [-0.2, -0.15) is 0 Å². The van der Waals surface area contributed by atoms with Gasteiger partial charge in [-0.1, -0.05) is 20.4 Å². The van der Waals surface area contributed by atoms with Crippen LogP contribution in [0.25, 0.3) is 0 Å². The third kappa shape index (κ3) is 1.51. The summed E-state index contributed by atoms with van der Waals surface area (Å²) < 4.78 is 10.5. The Morgan fingerprint density at radius 2 is 2.14 bits per heavy atom. The highest BCUT2D eigenvalue weighted by Gasteiger charge is 2.60. The normalized spacial score (nSPS) is 39.4. The topological polar surface area (TPSA) is 18.5 Å². The molecule has 0 aliphatic heterocycles. The van der Waals surface area contributed by atoms with Crippen molar-refractivity contribution in [2.75, 3.05) is 13.9 Å². The molecular formula is C12H20O2. The molecule has 2 heteroatoms. The van der Waals surface area contributed by atoms with E-state index >= 15 is 0 Å². The second-order valence-corrected chi connectivity index (χ2v) is 5.19. The number of methoxy groups -OCH3 is 1. The van der Waals surface area contributed by atoms with Crippen molar-refractivity contribution >= 4 is 0 Å². The van der Waals surface area contributed by atoms with Gasteiger partial charge in [0.05, 0.1) is 6.10 Å². The molecule has 0 aromatic rings. The average molecular weight is 196 g/mol. The van der Waals surface area contributed by atoms with Crippen LogP contribution in [0.3, 0.4) is 0 Å². The fourth-order valence-corrected chi connectivity index (χ4v) is 2.88. The minimum atomic E-state index is 0.234. The van der Waals surface area contributed by atoms with Crippen LogP contribution in [-0.2, 0) is 9.47 Å². The molecule has 0 spiro atoms. The third-order valence-electron chi connectivity index (χ3n) is 4.08. The molecule has 0 saturated heterocycles. The van der Waals surface area contributed by atoms with E-state index < -0.39 is 0 Å². The first-order chi connectivity index (χ1) is 6.57. The molecule has 0 unspecified atom stereocenters. The fourth-order valence-electron chi connectivity index (χ4n) is 2.88. The van der Waals surface area contributed by atoms with Gasteiger partial charge >= 0.3 is 0 Å². The van der Waals surface area contributed by atoms with Crippen LogP contribution in [0.4, 0.5) is 0 Å². The second kappa shape index (κ2) is 3.35. The molecule has 2 saturated carbocycles. The van der Waals surface area contributed by atoms with Crippen LogP contribution in [-0.4, -0.2) is 20.0 Å². The van der Waals surface area contributed by atoms with Gasteiger partial charge in [-0.3, -0.25) is 0 Å². The Morgan fingerprint density at radius 3 is 2.79 bits per heavy atom. The summed E-state index contributed by atoms with van der Waals surface area (Å²) in [6.45, 7) is 9.21. The summed E-state index contributed by atoms with van der Waals surface area (Å²) in [5.74, 6) is 1.70. The molecule has 0 radical (unpaired) electrons. The highest BCUT2D eigenvalue weighted by atomic mass is 16.7. The van der Waals surface area contributed by atoms with Crippen molar-refractivity contribution in [2.24, 2.45) is 17.3 Å². The predicted molar refractivity (Wildman–Crippen MR) is 55.9 cm³/mol. The lowest BCUT2D eigenvalue weighted by Crippen LogP contribution is -2.21. The van der Waals surface area contributed by atoms with E-state index in [4.69, 9.17) is 9.47 Å². The Bertz CT molecular complexity index is 245. The van der Waals surface area contributed by atoms with Crippen LogP contribution < -0.4 is 0 Å². The molecule has 0 aromatic heterocycles.